The number of hydrogen-bond acceptors (Lipinski definition) is 7. The molecular weight excluding hydrogens is 454 g/mol. The van der Waals surface area contributed by atoms with Gasteiger partial charge in [-0.3, -0.25) is 9.36 Å². The molecule has 33 heavy (non-hydrogen) atoms. The smallest absolute Gasteiger partial charge is 0.235 e. The van der Waals surface area contributed by atoms with Gasteiger partial charge in [0, 0.05) is 10.4 Å². The highest BCUT2D eigenvalue weighted by Crippen LogP contribution is 2.38. The molecule has 5 rings (SSSR count). The monoisotopic (exact) mass is 475 g/mol. The van der Waals surface area contributed by atoms with Crippen LogP contribution in [-0.2, 0) is 24.2 Å². The number of amides is 1. The molecule has 0 spiro atoms. The largest absolute Gasteiger partial charge is 0.467 e. The summed E-state index contributed by atoms with van der Waals surface area (Å²) in [6, 6.07) is 14.1. The molecule has 0 fully saturated rings. The molecule has 3 heterocycles. The maximum absolute atomic E-state index is 12.7. The quantitative estimate of drug-likeness (QED) is 0.376. The van der Waals surface area contributed by atoms with Gasteiger partial charge in [-0.15, -0.1) is 21.5 Å². The van der Waals surface area contributed by atoms with E-state index >= 15 is 0 Å². The number of nitrogens with one attached hydrogen (secondary N) is 1. The normalized spacial score (nSPS) is 12.5. The summed E-state index contributed by atoms with van der Waals surface area (Å²) in [6.07, 6.45) is 4.61. The van der Waals surface area contributed by atoms with E-state index in [4.69, 9.17) is 4.42 Å². The molecule has 4 aromatic rings. The molecule has 3 aromatic heterocycles. The van der Waals surface area contributed by atoms with Gasteiger partial charge in [0.1, 0.15) is 16.8 Å². The van der Waals surface area contributed by atoms with Gasteiger partial charge >= 0.3 is 0 Å². The number of carbonyl (C=O) groups excluding carboxylic acids is 1. The molecule has 166 valence electrons. The Kier molecular flexibility index (Phi) is 6.03. The number of furan rings is 1. The van der Waals surface area contributed by atoms with Crippen LogP contribution in [-0.4, -0.2) is 26.4 Å². The van der Waals surface area contributed by atoms with Crippen LogP contribution in [0.5, 0.6) is 0 Å². The number of aryl methyl sites for hydroxylation is 2. The lowest BCUT2D eigenvalue weighted by molar-refractivity contribution is -0.113. The maximum atomic E-state index is 12.7. The molecular formula is C24H21N5O2S2. The summed E-state index contributed by atoms with van der Waals surface area (Å²) in [7, 11) is 0. The average molecular weight is 476 g/mol. The van der Waals surface area contributed by atoms with Crippen LogP contribution in [0, 0.1) is 18.3 Å². The highest BCUT2D eigenvalue weighted by atomic mass is 32.2. The summed E-state index contributed by atoms with van der Waals surface area (Å²) >= 11 is 2.84. The van der Waals surface area contributed by atoms with E-state index in [1.165, 1.54) is 28.0 Å². The van der Waals surface area contributed by atoms with Crippen LogP contribution in [0.2, 0.25) is 0 Å². The maximum Gasteiger partial charge on any atom is 0.235 e. The van der Waals surface area contributed by atoms with Gasteiger partial charge in [-0.1, -0.05) is 35.5 Å². The van der Waals surface area contributed by atoms with Gasteiger partial charge in [0.15, 0.2) is 11.0 Å². The van der Waals surface area contributed by atoms with E-state index in [0.29, 0.717) is 22.3 Å². The summed E-state index contributed by atoms with van der Waals surface area (Å²) in [5.74, 6) is 1.50. The van der Waals surface area contributed by atoms with Gasteiger partial charge in [0.05, 0.1) is 24.1 Å². The number of carbonyl (C=O) groups is 1. The highest BCUT2D eigenvalue weighted by molar-refractivity contribution is 7.99. The van der Waals surface area contributed by atoms with Gasteiger partial charge in [-0.2, -0.15) is 5.26 Å². The molecule has 1 amide bonds. The third-order valence-electron chi connectivity index (χ3n) is 5.51. The number of fused-ring (bicyclic) bond motifs is 1. The Morgan fingerprint density at radius 1 is 1.30 bits per heavy atom. The van der Waals surface area contributed by atoms with Crippen LogP contribution in [0.25, 0.3) is 11.4 Å². The highest BCUT2D eigenvalue weighted by Gasteiger charge is 2.23. The molecule has 0 radical (unpaired) electrons. The minimum Gasteiger partial charge on any atom is -0.467 e. The molecule has 0 saturated heterocycles. The van der Waals surface area contributed by atoms with Gasteiger partial charge < -0.3 is 9.73 Å². The first-order chi connectivity index (χ1) is 16.1. The van der Waals surface area contributed by atoms with Crippen molar-refractivity contribution in [3.63, 3.8) is 0 Å². The van der Waals surface area contributed by atoms with Crippen molar-refractivity contribution >= 4 is 34.0 Å². The van der Waals surface area contributed by atoms with E-state index in [1.807, 2.05) is 41.8 Å². The van der Waals surface area contributed by atoms with E-state index in [-0.39, 0.29) is 11.7 Å². The van der Waals surface area contributed by atoms with Gasteiger partial charge in [0.25, 0.3) is 0 Å². The third kappa shape index (κ3) is 4.45. The van der Waals surface area contributed by atoms with Crippen molar-refractivity contribution in [2.45, 2.75) is 37.9 Å². The lowest BCUT2D eigenvalue weighted by Crippen LogP contribution is -2.15. The molecule has 1 aliphatic rings. The van der Waals surface area contributed by atoms with Crippen molar-refractivity contribution in [3.8, 4) is 17.5 Å². The topological polar surface area (TPSA) is 96.7 Å². The zero-order valence-corrected chi connectivity index (χ0v) is 19.6. The number of nitrogens with zero attached hydrogens (tertiary/aromatic N) is 4. The second-order valence-electron chi connectivity index (χ2n) is 7.85. The van der Waals surface area contributed by atoms with Crippen molar-refractivity contribution in [1.29, 1.82) is 5.26 Å². The second-order valence-corrected chi connectivity index (χ2v) is 9.90. The van der Waals surface area contributed by atoms with Crippen LogP contribution in [0.15, 0.2) is 52.2 Å². The van der Waals surface area contributed by atoms with Crippen molar-refractivity contribution < 1.29 is 9.21 Å². The van der Waals surface area contributed by atoms with E-state index in [1.54, 1.807) is 6.26 Å². The molecule has 0 saturated carbocycles. The van der Waals surface area contributed by atoms with Gasteiger partial charge in [0.2, 0.25) is 5.91 Å². The Bertz CT molecular complexity index is 1350. The lowest BCUT2D eigenvalue weighted by Gasteiger charge is -2.09. The van der Waals surface area contributed by atoms with Crippen LogP contribution < -0.4 is 5.32 Å². The predicted molar refractivity (Wildman–Crippen MR) is 128 cm³/mol. The SMILES string of the molecule is Cc1cccc(-c2nnc(SCC(=O)Nc3sc4c(c3C#N)CCC4)n2Cc2ccco2)c1. The molecule has 1 N–H and O–H groups in total. The Balaban J connectivity index is 1.35. The fraction of sp³-hybridized carbons (Fsp3) is 0.250. The molecule has 9 heteroatoms. The summed E-state index contributed by atoms with van der Waals surface area (Å²) in [6.45, 7) is 2.50. The number of anilines is 1. The Morgan fingerprint density at radius 2 is 2.21 bits per heavy atom. The number of aromatic nitrogens is 3. The first-order valence-corrected chi connectivity index (χ1v) is 12.4. The molecule has 0 atom stereocenters. The fourth-order valence-corrected chi connectivity index (χ4v) is 5.99. The van der Waals surface area contributed by atoms with Crippen LogP contribution >= 0.6 is 23.1 Å². The zero-order chi connectivity index (χ0) is 22.8. The molecule has 0 bridgehead atoms. The van der Waals surface area contributed by atoms with Crippen molar-refractivity contribution in [1.82, 2.24) is 14.8 Å². The molecule has 1 aromatic carbocycles. The minimum atomic E-state index is -0.166. The molecule has 0 aliphatic heterocycles. The zero-order valence-electron chi connectivity index (χ0n) is 18.0. The number of nitriles is 1. The fourth-order valence-electron chi connectivity index (χ4n) is 4.00. The predicted octanol–water partition coefficient (Wildman–Crippen LogP) is 5.05. The Morgan fingerprint density at radius 3 is 3.00 bits per heavy atom. The second kappa shape index (κ2) is 9.25. The van der Waals surface area contributed by atoms with Crippen molar-refractivity contribution in [2.75, 3.05) is 11.1 Å². The van der Waals surface area contributed by atoms with E-state index in [2.05, 4.69) is 27.6 Å². The number of benzene rings is 1. The summed E-state index contributed by atoms with van der Waals surface area (Å²) < 4.78 is 7.51. The van der Waals surface area contributed by atoms with Crippen LogP contribution in [0.4, 0.5) is 5.00 Å². The van der Waals surface area contributed by atoms with Crippen molar-refractivity contribution in [3.05, 3.63) is 70.0 Å². The van der Waals surface area contributed by atoms with E-state index in [9.17, 15) is 10.1 Å². The summed E-state index contributed by atoms with van der Waals surface area (Å²) in [5.41, 5.74) is 3.81. The van der Waals surface area contributed by atoms with Gasteiger partial charge in [-0.05, 0) is 49.9 Å². The molecule has 0 unspecified atom stereocenters. The lowest BCUT2D eigenvalue weighted by atomic mass is 10.1. The number of rotatable bonds is 7. The number of thiophene rings is 1. The first-order valence-electron chi connectivity index (χ1n) is 10.6. The molecule has 7 nitrogen and oxygen atoms in total. The van der Waals surface area contributed by atoms with E-state index in [0.717, 1.165) is 47.5 Å². The third-order valence-corrected chi connectivity index (χ3v) is 7.68. The minimum absolute atomic E-state index is 0.164. The summed E-state index contributed by atoms with van der Waals surface area (Å²) in [5, 5.41) is 22.5. The van der Waals surface area contributed by atoms with Crippen molar-refractivity contribution in [2.24, 2.45) is 0 Å². The Hall–Kier alpha value is -3.35. The first kappa shape index (κ1) is 21.5. The van der Waals surface area contributed by atoms with Crippen LogP contribution in [0.3, 0.4) is 0 Å². The number of hydrogen-bond donors (Lipinski definition) is 1. The summed E-state index contributed by atoms with van der Waals surface area (Å²) in [4.78, 5) is 13.9. The van der Waals surface area contributed by atoms with Crippen LogP contribution in [0.1, 0.15) is 33.7 Å². The molecule has 1 aliphatic carbocycles. The standard InChI is InChI=1S/C24H21N5O2S2/c1-15-5-2-6-16(11-15)22-27-28-24(29(22)13-17-7-4-10-31-17)32-14-21(30)26-23-19(12-25)18-8-3-9-20(18)33-23/h2,4-7,10-11H,3,8-9,13-14H2,1H3,(H,26,30). The number of thioether (sulfide) groups is 1. The van der Waals surface area contributed by atoms with Gasteiger partial charge in [-0.25, -0.2) is 0 Å². The van der Waals surface area contributed by atoms with E-state index < -0.39 is 0 Å². The Labute approximate surface area is 199 Å². The average Bonchev–Trinajstić information content (AvgIpc) is 3.58.